The fourth-order valence-corrected chi connectivity index (χ4v) is 2.17. The van der Waals surface area contributed by atoms with E-state index in [2.05, 4.69) is 25.9 Å². The third-order valence-corrected chi connectivity index (χ3v) is 3.29. The van der Waals surface area contributed by atoms with Gasteiger partial charge >= 0.3 is 5.69 Å². The molecule has 0 amide bonds. The largest absolute Gasteiger partial charge is 0.305 e. The van der Waals surface area contributed by atoms with E-state index in [0.29, 0.717) is 12.1 Å². The molecule has 1 heterocycles. The van der Waals surface area contributed by atoms with Crippen LogP contribution in [0.3, 0.4) is 0 Å². The molecule has 0 bridgehead atoms. The summed E-state index contributed by atoms with van der Waals surface area (Å²) in [6.45, 7) is 0. The lowest BCUT2D eigenvalue weighted by Gasteiger charge is -2.08. The van der Waals surface area contributed by atoms with Crippen molar-refractivity contribution >= 4 is 21.6 Å². The Labute approximate surface area is 122 Å². The quantitative estimate of drug-likeness (QED) is 0.467. The second-order valence-corrected chi connectivity index (χ2v) is 4.56. The second kappa shape index (κ2) is 5.72. The number of aromatic nitrogens is 2. The molecule has 1 aromatic heterocycles. The molecule has 0 fully saturated rings. The van der Waals surface area contributed by atoms with Gasteiger partial charge in [-0.3, -0.25) is 10.1 Å². The maximum absolute atomic E-state index is 13.8. The van der Waals surface area contributed by atoms with Crippen LogP contribution in [0.15, 0.2) is 22.9 Å². The molecular formula is C11H4BrF4N3O2. The van der Waals surface area contributed by atoms with Crippen LogP contribution in [0.2, 0.25) is 0 Å². The van der Waals surface area contributed by atoms with Gasteiger partial charge in [0.25, 0.3) is 6.43 Å². The summed E-state index contributed by atoms with van der Waals surface area (Å²) < 4.78 is 52.1. The minimum atomic E-state index is -2.96. The van der Waals surface area contributed by atoms with Crippen molar-refractivity contribution in [3.8, 4) is 11.3 Å². The van der Waals surface area contributed by atoms with Crippen LogP contribution in [0, 0.1) is 21.7 Å². The highest BCUT2D eigenvalue weighted by Gasteiger charge is 2.24. The Hall–Kier alpha value is -2.10. The highest BCUT2D eigenvalue weighted by molar-refractivity contribution is 9.10. The van der Waals surface area contributed by atoms with E-state index in [1.54, 1.807) is 0 Å². The summed E-state index contributed by atoms with van der Waals surface area (Å²) in [4.78, 5) is 16.5. The summed E-state index contributed by atoms with van der Waals surface area (Å²) >= 11 is 2.80. The summed E-state index contributed by atoms with van der Waals surface area (Å²) in [6.07, 6.45) is -2.20. The van der Waals surface area contributed by atoms with Gasteiger partial charge in [0, 0.05) is 17.7 Å². The van der Waals surface area contributed by atoms with Gasteiger partial charge in [-0.2, -0.15) is 4.39 Å². The lowest BCUT2D eigenvalue weighted by Crippen LogP contribution is -2.00. The second-order valence-electron chi connectivity index (χ2n) is 3.76. The minimum Gasteiger partial charge on any atom is -0.258 e. The Kier molecular flexibility index (Phi) is 4.16. The minimum absolute atomic E-state index is 0.296. The van der Waals surface area contributed by atoms with Crippen molar-refractivity contribution in [2.45, 2.75) is 6.43 Å². The number of nitro groups is 1. The molecule has 0 radical (unpaired) electrons. The predicted molar refractivity (Wildman–Crippen MR) is 66.7 cm³/mol. The van der Waals surface area contributed by atoms with Crippen LogP contribution in [-0.2, 0) is 0 Å². The molecule has 0 aliphatic carbocycles. The van der Waals surface area contributed by atoms with Gasteiger partial charge in [0.2, 0.25) is 5.82 Å². The zero-order valence-corrected chi connectivity index (χ0v) is 11.4. The lowest BCUT2D eigenvalue weighted by molar-refractivity contribution is -0.387. The molecule has 0 aliphatic heterocycles. The first kappa shape index (κ1) is 15.3. The molecule has 0 atom stereocenters. The first-order chi connectivity index (χ1) is 9.82. The van der Waals surface area contributed by atoms with E-state index in [9.17, 15) is 27.7 Å². The topological polar surface area (TPSA) is 68.9 Å². The van der Waals surface area contributed by atoms with E-state index in [-0.39, 0.29) is 10.2 Å². The molecule has 21 heavy (non-hydrogen) atoms. The maximum Gasteiger partial charge on any atom is 0.305 e. The van der Waals surface area contributed by atoms with E-state index in [4.69, 9.17) is 0 Å². The monoisotopic (exact) mass is 365 g/mol. The molecule has 0 aliphatic rings. The summed E-state index contributed by atoms with van der Waals surface area (Å²) in [5.41, 5.74) is -2.51. The highest BCUT2D eigenvalue weighted by Crippen LogP contribution is 2.36. The van der Waals surface area contributed by atoms with E-state index < -0.39 is 39.9 Å². The van der Waals surface area contributed by atoms with Crippen LogP contribution in [-0.4, -0.2) is 14.9 Å². The number of alkyl halides is 2. The number of rotatable bonds is 3. The molecule has 10 heteroatoms. The van der Waals surface area contributed by atoms with Gasteiger partial charge in [-0.15, -0.1) is 0 Å². The van der Waals surface area contributed by atoms with E-state index >= 15 is 0 Å². The number of nitro benzene ring substituents is 1. The molecule has 5 nitrogen and oxygen atoms in total. The Balaban J connectivity index is 2.70. The highest BCUT2D eigenvalue weighted by atomic mass is 79.9. The summed E-state index contributed by atoms with van der Waals surface area (Å²) in [7, 11) is 0. The molecule has 1 aromatic carbocycles. The molecule has 2 aromatic rings. The van der Waals surface area contributed by atoms with Gasteiger partial charge in [0.15, 0.2) is 0 Å². The van der Waals surface area contributed by atoms with Crippen LogP contribution in [0.25, 0.3) is 11.3 Å². The molecule has 0 unspecified atom stereocenters. The third kappa shape index (κ3) is 2.84. The fraction of sp³-hybridized carbons (Fsp3) is 0.0909. The van der Waals surface area contributed by atoms with Gasteiger partial charge in [0.1, 0.15) is 17.8 Å². The Bertz CT molecular complexity index is 727. The normalized spacial score (nSPS) is 11.0. The number of halogens is 5. The Morgan fingerprint density at radius 3 is 2.43 bits per heavy atom. The van der Waals surface area contributed by atoms with Crippen LogP contribution < -0.4 is 0 Å². The third-order valence-electron chi connectivity index (χ3n) is 2.51. The number of nitrogens with zero attached hydrogens (tertiary/aromatic N) is 3. The standard InChI is InChI=1S/C11H4BrF4N3O2/c12-8-9(17-3-18-10(8)11(15)16)4-1-7(19(20)21)6(14)2-5(4)13/h1-3,11H. The average molecular weight is 366 g/mol. The fourth-order valence-electron chi connectivity index (χ4n) is 1.58. The van der Waals surface area contributed by atoms with Crippen LogP contribution in [0.4, 0.5) is 23.2 Å². The molecular weight excluding hydrogens is 362 g/mol. The summed E-state index contributed by atoms with van der Waals surface area (Å²) in [6, 6.07) is 0.886. The van der Waals surface area contributed by atoms with Crippen molar-refractivity contribution in [2.75, 3.05) is 0 Å². The van der Waals surface area contributed by atoms with Crippen molar-refractivity contribution in [3.05, 3.63) is 50.4 Å². The van der Waals surface area contributed by atoms with Gasteiger partial charge in [-0.05, 0) is 15.9 Å². The molecule has 0 N–H and O–H groups in total. The number of hydrogen-bond acceptors (Lipinski definition) is 4. The first-order valence-corrected chi connectivity index (χ1v) is 6.04. The van der Waals surface area contributed by atoms with Crippen molar-refractivity contribution in [3.63, 3.8) is 0 Å². The Morgan fingerprint density at radius 2 is 1.86 bits per heavy atom. The molecule has 0 saturated heterocycles. The first-order valence-electron chi connectivity index (χ1n) is 5.25. The maximum atomic E-state index is 13.8. The molecule has 110 valence electrons. The van der Waals surface area contributed by atoms with E-state index in [1.165, 1.54) is 0 Å². The average Bonchev–Trinajstić information content (AvgIpc) is 2.39. The zero-order valence-electron chi connectivity index (χ0n) is 9.86. The Morgan fingerprint density at radius 1 is 1.19 bits per heavy atom. The van der Waals surface area contributed by atoms with E-state index in [1.807, 2.05) is 0 Å². The van der Waals surface area contributed by atoms with Crippen molar-refractivity contribution in [1.82, 2.24) is 9.97 Å². The summed E-state index contributed by atoms with van der Waals surface area (Å²) in [5.74, 6) is -2.54. The van der Waals surface area contributed by atoms with Crippen LogP contribution in [0.1, 0.15) is 12.1 Å². The number of hydrogen-bond donors (Lipinski definition) is 0. The van der Waals surface area contributed by atoms with Gasteiger partial charge < -0.3 is 0 Å². The predicted octanol–water partition coefficient (Wildman–Crippen LogP) is 4.03. The van der Waals surface area contributed by atoms with E-state index in [0.717, 1.165) is 6.33 Å². The van der Waals surface area contributed by atoms with Gasteiger partial charge in [0.05, 0.1) is 15.1 Å². The molecule has 0 saturated carbocycles. The summed E-state index contributed by atoms with van der Waals surface area (Å²) in [5, 5.41) is 10.7. The van der Waals surface area contributed by atoms with Gasteiger partial charge in [-0.25, -0.2) is 23.1 Å². The molecule has 2 rings (SSSR count). The smallest absolute Gasteiger partial charge is 0.258 e. The van der Waals surface area contributed by atoms with Crippen molar-refractivity contribution in [1.29, 1.82) is 0 Å². The van der Waals surface area contributed by atoms with Crippen LogP contribution >= 0.6 is 15.9 Å². The SMILES string of the molecule is O=[N+]([O-])c1cc(-c2ncnc(C(F)F)c2Br)c(F)cc1F. The zero-order chi connectivity index (χ0) is 15.7. The van der Waals surface area contributed by atoms with Gasteiger partial charge in [-0.1, -0.05) is 0 Å². The van der Waals surface area contributed by atoms with Crippen molar-refractivity contribution in [2.24, 2.45) is 0 Å². The molecule has 0 spiro atoms. The van der Waals surface area contributed by atoms with Crippen molar-refractivity contribution < 1.29 is 22.5 Å². The number of benzene rings is 1. The lowest BCUT2D eigenvalue weighted by atomic mass is 10.1. The van der Waals surface area contributed by atoms with Crippen LogP contribution in [0.5, 0.6) is 0 Å².